The first-order valence-electron chi connectivity index (χ1n) is 6.28. The third kappa shape index (κ3) is 3.56. The number of nitrogens with zero attached hydrogens (tertiary/aromatic N) is 1. The van der Waals surface area contributed by atoms with Gasteiger partial charge in [-0.3, -0.25) is 10.1 Å². The Bertz CT molecular complexity index is 698. The zero-order valence-corrected chi connectivity index (χ0v) is 11.4. The lowest BCUT2D eigenvalue weighted by Gasteiger charge is -2.10. The quantitative estimate of drug-likeness (QED) is 0.650. The van der Waals surface area contributed by atoms with Gasteiger partial charge in [0.25, 0.3) is 5.69 Å². The SMILES string of the molecule is Cc1cccc(CNc2cc([N+](=O)[O-])ccc2C(=O)O)c1. The summed E-state index contributed by atoms with van der Waals surface area (Å²) in [5.41, 5.74) is 2.16. The highest BCUT2D eigenvalue weighted by molar-refractivity contribution is 5.94. The Kier molecular flexibility index (Phi) is 4.18. The van der Waals surface area contributed by atoms with E-state index in [0.29, 0.717) is 6.54 Å². The molecule has 6 nitrogen and oxygen atoms in total. The number of carbonyl (C=O) groups is 1. The minimum absolute atomic E-state index is 0.00764. The first kappa shape index (κ1) is 14.5. The van der Waals surface area contributed by atoms with E-state index in [9.17, 15) is 14.9 Å². The summed E-state index contributed by atoms with van der Waals surface area (Å²) in [5, 5.41) is 22.9. The van der Waals surface area contributed by atoms with Crippen LogP contribution < -0.4 is 5.32 Å². The number of non-ortho nitro benzene ring substituents is 1. The van der Waals surface area contributed by atoms with Crippen LogP contribution in [0.3, 0.4) is 0 Å². The normalized spacial score (nSPS) is 10.1. The molecular weight excluding hydrogens is 272 g/mol. The van der Waals surface area contributed by atoms with Crippen molar-refractivity contribution in [2.75, 3.05) is 5.32 Å². The molecule has 0 fully saturated rings. The number of benzene rings is 2. The lowest BCUT2D eigenvalue weighted by molar-refractivity contribution is -0.384. The molecule has 0 bridgehead atoms. The van der Waals surface area contributed by atoms with Crippen LogP contribution in [0, 0.1) is 17.0 Å². The van der Waals surface area contributed by atoms with Crippen LogP contribution in [-0.4, -0.2) is 16.0 Å². The molecule has 0 unspecified atom stereocenters. The van der Waals surface area contributed by atoms with Crippen LogP contribution in [0.15, 0.2) is 42.5 Å². The van der Waals surface area contributed by atoms with E-state index in [4.69, 9.17) is 5.11 Å². The van der Waals surface area contributed by atoms with Crippen LogP contribution in [-0.2, 0) is 6.54 Å². The van der Waals surface area contributed by atoms with Gasteiger partial charge >= 0.3 is 5.97 Å². The maximum atomic E-state index is 11.2. The summed E-state index contributed by atoms with van der Waals surface area (Å²) >= 11 is 0. The lowest BCUT2D eigenvalue weighted by Crippen LogP contribution is -2.07. The van der Waals surface area contributed by atoms with E-state index in [2.05, 4.69) is 5.32 Å². The third-order valence-electron chi connectivity index (χ3n) is 3.01. The number of nitrogens with one attached hydrogen (secondary N) is 1. The minimum atomic E-state index is -1.13. The van der Waals surface area contributed by atoms with Crippen molar-refractivity contribution in [1.29, 1.82) is 0 Å². The molecule has 0 atom stereocenters. The van der Waals surface area contributed by atoms with Crippen molar-refractivity contribution in [3.63, 3.8) is 0 Å². The summed E-state index contributed by atoms with van der Waals surface area (Å²) < 4.78 is 0. The molecule has 0 aliphatic heterocycles. The number of hydrogen-bond donors (Lipinski definition) is 2. The highest BCUT2D eigenvalue weighted by atomic mass is 16.6. The fraction of sp³-hybridized carbons (Fsp3) is 0.133. The van der Waals surface area contributed by atoms with E-state index in [0.717, 1.165) is 11.1 Å². The second-order valence-electron chi connectivity index (χ2n) is 4.63. The first-order chi connectivity index (χ1) is 9.97. The zero-order chi connectivity index (χ0) is 15.4. The van der Waals surface area contributed by atoms with Gasteiger partial charge in [-0.15, -0.1) is 0 Å². The Morgan fingerprint density at radius 2 is 2.05 bits per heavy atom. The molecule has 0 aromatic heterocycles. The number of nitro groups is 1. The standard InChI is InChI=1S/C15H14N2O4/c1-10-3-2-4-11(7-10)9-16-14-8-12(17(20)21)5-6-13(14)15(18)19/h2-8,16H,9H2,1H3,(H,18,19). The number of nitro benzene ring substituents is 1. The molecule has 2 rings (SSSR count). The Morgan fingerprint density at radius 1 is 1.29 bits per heavy atom. The Hall–Kier alpha value is -2.89. The second-order valence-corrected chi connectivity index (χ2v) is 4.63. The van der Waals surface area contributed by atoms with Crippen molar-refractivity contribution in [2.24, 2.45) is 0 Å². The van der Waals surface area contributed by atoms with Crippen LogP contribution in [0.25, 0.3) is 0 Å². The number of anilines is 1. The van der Waals surface area contributed by atoms with Crippen molar-refractivity contribution in [3.8, 4) is 0 Å². The largest absolute Gasteiger partial charge is 0.478 e. The van der Waals surface area contributed by atoms with Crippen LogP contribution in [0.2, 0.25) is 0 Å². The molecule has 0 heterocycles. The van der Waals surface area contributed by atoms with Crippen LogP contribution in [0.4, 0.5) is 11.4 Å². The van der Waals surface area contributed by atoms with E-state index in [1.165, 1.54) is 18.2 Å². The second kappa shape index (κ2) is 6.04. The monoisotopic (exact) mass is 286 g/mol. The van der Waals surface area contributed by atoms with Gasteiger partial charge in [-0.1, -0.05) is 29.8 Å². The van der Waals surface area contributed by atoms with Crippen LogP contribution in [0.1, 0.15) is 21.5 Å². The highest BCUT2D eigenvalue weighted by Crippen LogP contribution is 2.23. The number of carboxylic acids is 1. The maximum absolute atomic E-state index is 11.2. The molecule has 21 heavy (non-hydrogen) atoms. The average Bonchev–Trinajstić information content (AvgIpc) is 2.44. The predicted octanol–water partition coefficient (Wildman–Crippen LogP) is 3.21. The van der Waals surface area contributed by atoms with Gasteiger partial charge in [0.2, 0.25) is 0 Å². The van der Waals surface area contributed by atoms with Crippen molar-refractivity contribution in [2.45, 2.75) is 13.5 Å². The van der Waals surface area contributed by atoms with Crippen molar-refractivity contribution in [1.82, 2.24) is 0 Å². The van der Waals surface area contributed by atoms with Crippen LogP contribution >= 0.6 is 0 Å². The Balaban J connectivity index is 2.26. The molecule has 0 amide bonds. The summed E-state index contributed by atoms with van der Waals surface area (Å²) in [7, 11) is 0. The van der Waals surface area contributed by atoms with E-state index in [1.807, 2.05) is 31.2 Å². The predicted molar refractivity (Wildman–Crippen MR) is 78.6 cm³/mol. The van der Waals surface area contributed by atoms with Crippen molar-refractivity contribution >= 4 is 17.3 Å². The Morgan fingerprint density at radius 3 is 2.67 bits per heavy atom. The maximum Gasteiger partial charge on any atom is 0.337 e. The van der Waals surface area contributed by atoms with Gasteiger partial charge in [-0.25, -0.2) is 4.79 Å². The molecule has 2 aromatic rings. The number of aromatic carboxylic acids is 1. The fourth-order valence-electron chi connectivity index (χ4n) is 2.00. The molecular formula is C15H14N2O4. The first-order valence-corrected chi connectivity index (χ1v) is 6.28. The molecule has 0 spiro atoms. The lowest BCUT2D eigenvalue weighted by atomic mass is 10.1. The van der Waals surface area contributed by atoms with Gasteiger partial charge in [0, 0.05) is 18.7 Å². The number of hydrogen-bond acceptors (Lipinski definition) is 4. The molecule has 0 saturated carbocycles. The van der Waals surface area contributed by atoms with Gasteiger partial charge in [0.15, 0.2) is 0 Å². The van der Waals surface area contributed by atoms with E-state index < -0.39 is 10.9 Å². The van der Waals surface area contributed by atoms with Gasteiger partial charge in [0.05, 0.1) is 16.2 Å². The molecule has 0 aliphatic rings. The zero-order valence-electron chi connectivity index (χ0n) is 11.4. The van der Waals surface area contributed by atoms with Gasteiger partial charge in [0.1, 0.15) is 0 Å². The highest BCUT2D eigenvalue weighted by Gasteiger charge is 2.15. The molecule has 0 radical (unpaired) electrons. The van der Waals surface area contributed by atoms with Crippen molar-refractivity contribution < 1.29 is 14.8 Å². The molecule has 108 valence electrons. The number of aryl methyl sites for hydroxylation is 1. The fourth-order valence-corrected chi connectivity index (χ4v) is 2.00. The van der Waals surface area contributed by atoms with E-state index >= 15 is 0 Å². The van der Waals surface area contributed by atoms with Gasteiger partial charge in [-0.05, 0) is 18.6 Å². The topological polar surface area (TPSA) is 92.5 Å². The summed E-state index contributed by atoms with van der Waals surface area (Å²) in [6.07, 6.45) is 0. The molecule has 2 N–H and O–H groups in total. The minimum Gasteiger partial charge on any atom is -0.478 e. The van der Waals surface area contributed by atoms with Gasteiger partial charge < -0.3 is 10.4 Å². The molecule has 6 heteroatoms. The van der Waals surface area contributed by atoms with E-state index in [-0.39, 0.29) is 16.9 Å². The number of rotatable bonds is 5. The third-order valence-corrected chi connectivity index (χ3v) is 3.01. The van der Waals surface area contributed by atoms with Gasteiger partial charge in [-0.2, -0.15) is 0 Å². The summed E-state index contributed by atoms with van der Waals surface area (Å²) in [6, 6.07) is 11.4. The van der Waals surface area contributed by atoms with E-state index in [1.54, 1.807) is 0 Å². The van der Waals surface area contributed by atoms with Crippen molar-refractivity contribution in [3.05, 3.63) is 69.3 Å². The summed E-state index contributed by atoms with van der Waals surface area (Å²) in [6.45, 7) is 2.35. The summed E-state index contributed by atoms with van der Waals surface area (Å²) in [4.78, 5) is 21.4. The Labute approximate surface area is 121 Å². The average molecular weight is 286 g/mol. The number of carboxylic acid groups (broad SMARTS) is 1. The van der Waals surface area contributed by atoms with Crippen LogP contribution in [0.5, 0.6) is 0 Å². The molecule has 0 saturated heterocycles. The summed E-state index contributed by atoms with van der Waals surface area (Å²) in [5.74, 6) is -1.13. The smallest absolute Gasteiger partial charge is 0.337 e. The molecule has 2 aromatic carbocycles. The molecule has 0 aliphatic carbocycles.